The Morgan fingerprint density at radius 3 is 2.69 bits per heavy atom. The molecule has 2 heteroatoms. The predicted octanol–water partition coefficient (Wildman–Crippen LogP) is 2.76. The van der Waals surface area contributed by atoms with E-state index in [1.807, 2.05) is 12.1 Å². The third kappa shape index (κ3) is 4.95. The molecule has 0 fully saturated rings. The molecule has 0 aliphatic carbocycles. The molecule has 0 aliphatic rings. The SMILES string of the molecule is C#CCCCNC(C)Cc1ccc(F)cc1. The summed E-state index contributed by atoms with van der Waals surface area (Å²) in [5, 5.41) is 3.39. The maximum atomic E-state index is 12.7. The van der Waals surface area contributed by atoms with Crippen LogP contribution in [0.3, 0.4) is 0 Å². The molecule has 1 nitrogen and oxygen atoms in total. The molecule has 0 amide bonds. The summed E-state index contributed by atoms with van der Waals surface area (Å²) in [5.74, 6) is 2.43. The van der Waals surface area contributed by atoms with E-state index in [0.29, 0.717) is 6.04 Å². The van der Waals surface area contributed by atoms with Crippen molar-refractivity contribution in [3.8, 4) is 12.3 Å². The van der Waals surface area contributed by atoms with Crippen molar-refractivity contribution in [1.29, 1.82) is 0 Å². The molecule has 1 N–H and O–H groups in total. The van der Waals surface area contributed by atoms with Crippen LogP contribution in [-0.4, -0.2) is 12.6 Å². The lowest BCUT2D eigenvalue weighted by Gasteiger charge is -2.13. The van der Waals surface area contributed by atoms with Crippen molar-refractivity contribution in [2.45, 2.75) is 32.2 Å². The molecular weight excluding hydrogens is 201 g/mol. The molecule has 1 rings (SSSR count). The number of benzene rings is 1. The molecule has 1 aromatic rings. The molecule has 0 aliphatic heterocycles. The first-order chi connectivity index (χ1) is 7.72. The zero-order chi connectivity index (χ0) is 11.8. The predicted molar refractivity (Wildman–Crippen MR) is 65.6 cm³/mol. The van der Waals surface area contributed by atoms with E-state index in [-0.39, 0.29) is 5.82 Å². The van der Waals surface area contributed by atoms with Crippen LogP contribution in [0, 0.1) is 18.2 Å². The average molecular weight is 219 g/mol. The van der Waals surface area contributed by atoms with Gasteiger partial charge in [0.1, 0.15) is 5.82 Å². The van der Waals surface area contributed by atoms with E-state index >= 15 is 0 Å². The first-order valence-corrected chi connectivity index (χ1v) is 5.63. The molecule has 16 heavy (non-hydrogen) atoms. The molecule has 0 spiro atoms. The van der Waals surface area contributed by atoms with Gasteiger partial charge in [0.05, 0.1) is 0 Å². The minimum atomic E-state index is -0.182. The van der Waals surface area contributed by atoms with Gasteiger partial charge >= 0.3 is 0 Å². The summed E-state index contributed by atoms with van der Waals surface area (Å²) in [5.41, 5.74) is 1.15. The van der Waals surface area contributed by atoms with Crippen LogP contribution in [0.1, 0.15) is 25.3 Å². The van der Waals surface area contributed by atoms with Crippen LogP contribution >= 0.6 is 0 Å². The fourth-order valence-electron chi connectivity index (χ4n) is 1.59. The van der Waals surface area contributed by atoms with Crippen molar-refractivity contribution in [2.24, 2.45) is 0 Å². The summed E-state index contributed by atoms with van der Waals surface area (Å²) in [6, 6.07) is 7.05. The van der Waals surface area contributed by atoms with E-state index in [9.17, 15) is 4.39 Å². The molecule has 1 unspecified atom stereocenters. The number of rotatable bonds is 6. The van der Waals surface area contributed by atoms with E-state index in [2.05, 4.69) is 18.2 Å². The van der Waals surface area contributed by atoms with Crippen LogP contribution in [0.2, 0.25) is 0 Å². The fraction of sp³-hybridized carbons (Fsp3) is 0.429. The van der Waals surface area contributed by atoms with Crippen molar-refractivity contribution in [3.63, 3.8) is 0 Å². The summed E-state index contributed by atoms with van der Waals surface area (Å²) >= 11 is 0. The third-order valence-electron chi connectivity index (χ3n) is 2.45. The van der Waals surface area contributed by atoms with Gasteiger partial charge in [-0.3, -0.25) is 0 Å². The van der Waals surface area contributed by atoms with E-state index in [1.165, 1.54) is 12.1 Å². The summed E-state index contributed by atoms with van der Waals surface area (Å²) in [4.78, 5) is 0. The molecule has 86 valence electrons. The standard InChI is InChI=1S/C14H18FN/c1-3-4-5-10-16-12(2)11-13-6-8-14(15)9-7-13/h1,6-9,12,16H,4-5,10-11H2,2H3. The lowest BCUT2D eigenvalue weighted by molar-refractivity contribution is 0.536. The van der Waals surface area contributed by atoms with Crippen LogP contribution < -0.4 is 5.32 Å². The second-order valence-electron chi connectivity index (χ2n) is 3.99. The maximum absolute atomic E-state index is 12.7. The molecule has 0 aromatic heterocycles. The van der Waals surface area contributed by atoms with Gasteiger partial charge < -0.3 is 5.32 Å². The summed E-state index contributed by atoms with van der Waals surface area (Å²) < 4.78 is 12.7. The Labute approximate surface area is 97.1 Å². The first-order valence-electron chi connectivity index (χ1n) is 5.63. The van der Waals surface area contributed by atoms with Gasteiger partial charge in [0.2, 0.25) is 0 Å². The monoisotopic (exact) mass is 219 g/mol. The number of nitrogens with one attached hydrogen (secondary N) is 1. The Kier molecular flexibility index (Phi) is 5.60. The second-order valence-corrected chi connectivity index (χ2v) is 3.99. The van der Waals surface area contributed by atoms with Gasteiger partial charge in [-0.25, -0.2) is 4.39 Å². The van der Waals surface area contributed by atoms with Crippen molar-refractivity contribution in [3.05, 3.63) is 35.6 Å². The minimum Gasteiger partial charge on any atom is -0.314 e. The Morgan fingerprint density at radius 2 is 2.06 bits per heavy atom. The normalized spacial score (nSPS) is 12.1. The minimum absolute atomic E-state index is 0.182. The quantitative estimate of drug-likeness (QED) is 0.573. The maximum Gasteiger partial charge on any atom is 0.123 e. The van der Waals surface area contributed by atoms with Gasteiger partial charge in [-0.05, 0) is 44.0 Å². The molecular formula is C14H18FN. The van der Waals surface area contributed by atoms with Crippen molar-refractivity contribution in [2.75, 3.05) is 6.54 Å². The number of terminal acetylenes is 1. The zero-order valence-electron chi connectivity index (χ0n) is 9.67. The van der Waals surface area contributed by atoms with E-state index in [4.69, 9.17) is 6.42 Å². The highest BCUT2D eigenvalue weighted by molar-refractivity contribution is 5.16. The summed E-state index contributed by atoms with van der Waals surface area (Å²) in [6.07, 6.45) is 7.90. The average Bonchev–Trinajstić information content (AvgIpc) is 2.28. The highest BCUT2D eigenvalue weighted by Crippen LogP contribution is 2.05. The highest BCUT2D eigenvalue weighted by Gasteiger charge is 2.02. The van der Waals surface area contributed by atoms with Crippen molar-refractivity contribution >= 4 is 0 Å². The van der Waals surface area contributed by atoms with Crippen LogP contribution in [0.25, 0.3) is 0 Å². The van der Waals surface area contributed by atoms with Crippen molar-refractivity contribution in [1.82, 2.24) is 5.32 Å². The lowest BCUT2D eigenvalue weighted by Crippen LogP contribution is -2.28. The van der Waals surface area contributed by atoms with Gasteiger partial charge in [-0.2, -0.15) is 0 Å². The van der Waals surface area contributed by atoms with Crippen LogP contribution in [0.5, 0.6) is 0 Å². The molecule has 0 radical (unpaired) electrons. The number of unbranched alkanes of at least 4 members (excludes halogenated alkanes) is 1. The Hall–Kier alpha value is -1.33. The first kappa shape index (κ1) is 12.7. The molecule has 1 atom stereocenters. The van der Waals surface area contributed by atoms with Gasteiger partial charge in [-0.1, -0.05) is 12.1 Å². The molecule has 0 heterocycles. The molecule has 1 aromatic carbocycles. The van der Waals surface area contributed by atoms with E-state index < -0.39 is 0 Å². The van der Waals surface area contributed by atoms with Crippen LogP contribution in [-0.2, 0) is 6.42 Å². The molecule has 0 saturated carbocycles. The van der Waals surface area contributed by atoms with Crippen molar-refractivity contribution < 1.29 is 4.39 Å². The van der Waals surface area contributed by atoms with E-state index in [1.54, 1.807) is 0 Å². The van der Waals surface area contributed by atoms with Gasteiger partial charge in [0.25, 0.3) is 0 Å². The third-order valence-corrected chi connectivity index (χ3v) is 2.45. The fourth-order valence-corrected chi connectivity index (χ4v) is 1.59. The highest BCUT2D eigenvalue weighted by atomic mass is 19.1. The smallest absolute Gasteiger partial charge is 0.123 e. The Bertz CT molecular complexity index is 337. The lowest BCUT2D eigenvalue weighted by atomic mass is 10.1. The summed E-state index contributed by atoms with van der Waals surface area (Å²) in [6.45, 7) is 3.06. The van der Waals surface area contributed by atoms with Crippen LogP contribution in [0.15, 0.2) is 24.3 Å². The van der Waals surface area contributed by atoms with E-state index in [0.717, 1.165) is 31.4 Å². The number of halogens is 1. The van der Waals surface area contributed by atoms with Gasteiger partial charge in [-0.15, -0.1) is 12.3 Å². The largest absolute Gasteiger partial charge is 0.314 e. The Balaban J connectivity index is 2.26. The topological polar surface area (TPSA) is 12.0 Å². The van der Waals surface area contributed by atoms with Gasteiger partial charge in [0, 0.05) is 12.5 Å². The molecule has 0 saturated heterocycles. The number of hydrogen-bond donors (Lipinski definition) is 1. The number of hydrogen-bond acceptors (Lipinski definition) is 1. The Morgan fingerprint density at radius 1 is 1.38 bits per heavy atom. The summed E-state index contributed by atoms with van der Waals surface area (Å²) in [7, 11) is 0. The van der Waals surface area contributed by atoms with Crippen LogP contribution in [0.4, 0.5) is 4.39 Å². The second kappa shape index (κ2) is 7.03. The molecule has 0 bridgehead atoms. The zero-order valence-corrected chi connectivity index (χ0v) is 9.67. The van der Waals surface area contributed by atoms with Gasteiger partial charge in [0.15, 0.2) is 0 Å².